The fourth-order valence-corrected chi connectivity index (χ4v) is 1.53. The minimum Gasteiger partial charge on any atom is -0.396 e. The third kappa shape index (κ3) is 3.82. The molecule has 0 aliphatic rings. The van der Waals surface area contributed by atoms with Gasteiger partial charge in [-0.05, 0) is 24.6 Å². The van der Waals surface area contributed by atoms with Crippen molar-refractivity contribution in [3.63, 3.8) is 0 Å². The van der Waals surface area contributed by atoms with E-state index in [9.17, 15) is 9.18 Å². The van der Waals surface area contributed by atoms with E-state index in [0.717, 1.165) is 0 Å². The van der Waals surface area contributed by atoms with E-state index in [0.29, 0.717) is 17.5 Å². The zero-order chi connectivity index (χ0) is 13.5. The molecule has 0 unspecified atom stereocenters. The second-order valence-electron chi connectivity index (χ2n) is 3.99. The quantitative estimate of drug-likeness (QED) is 0.859. The highest BCUT2D eigenvalue weighted by Gasteiger charge is 2.11. The smallest absolute Gasteiger partial charge is 0.222 e. The van der Waals surface area contributed by atoms with Crippen LogP contribution in [0.25, 0.3) is 0 Å². The Morgan fingerprint density at radius 3 is 2.89 bits per heavy atom. The van der Waals surface area contributed by atoms with Crippen molar-refractivity contribution in [2.45, 2.75) is 19.4 Å². The van der Waals surface area contributed by atoms with Crippen LogP contribution in [0.2, 0.25) is 0 Å². The number of hydrogen-bond donors (Lipinski definition) is 1. The number of nitrogens with zero attached hydrogens (tertiary/aromatic N) is 2. The molecule has 1 aromatic carbocycles. The molecule has 0 aliphatic carbocycles. The van der Waals surface area contributed by atoms with Crippen molar-refractivity contribution in [2.24, 2.45) is 0 Å². The molecule has 0 atom stereocenters. The molecule has 1 rings (SSSR count). The maximum atomic E-state index is 13.5. The first-order chi connectivity index (χ1) is 8.58. The number of nitriles is 1. The number of carbonyl (C=O) groups excluding carboxylic acids is 1. The van der Waals surface area contributed by atoms with Crippen LogP contribution in [0.3, 0.4) is 0 Å². The summed E-state index contributed by atoms with van der Waals surface area (Å²) < 4.78 is 13.5. The molecular formula is C13H15FN2O2. The summed E-state index contributed by atoms with van der Waals surface area (Å²) in [4.78, 5) is 13.0. The van der Waals surface area contributed by atoms with Crippen LogP contribution in [0.5, 0.6) is 0 Å². The van der Waals surface area contributed by atoms with Gasteiger partial charge in [0.1, 0.15) is 5.82 Å². The van der Waals surface area contributed by atoms with Gasteiger partial charge in [-0.3, -0.25) is 4.79 Å². The minimum absolute atomic E-state index is 0.0438. The van der Waals surface area contributed by atoms with Gasteiger partial charge in [-0.1, -0.05) is 0 Å². The number of rotatable bonds is 5. The zero-order valence-corrected chi connectivity index (χ0v) is 10.2. The number of benzene rings is 1. The number of hydrogen-bond acceptors (Lipinski definition) is 3. The lowest BCUT2D eigenvalue weighted by molar-refractivity contribution is -0.130. The molecule has 0 radical (unpaired) electrons. The number of aliphatic hydroxyl groups excluding tert-OH is 1. The summed E-state index contributed by atoms with van der Waals surface area (Å²) in [5.74, 6) is -0.596. The Hall–Kier alpha value is -1.93. The highest BCUT2D eigenvalue weighted by molar-refractivity contribution is 5.75. The van der Waals surface area contributed by atoms with Crippen molar-refractivity contribution < 1.29 is 14.3 Å². The van der Waals surface area contributed by atoms with E-state index in [1.807, 2.05) is 6.07 Å². The summed E-state index contributed by atoms with van der Waals surface area (Å²) >= 11 is 0. The molecule has 0 saturated carbocycles. The van der Waals surface area contributed by atoms with Gasteiger partial charge in [-0.25, -0.2) is 4.39 Å². The molecule has 0 spiro atoms. The Bertz CT molecular complexity index is 469. The summed E-state index contributed by atoms with van der Waals surface area (Å²) in [6, 6.07) is 5.98. The first-order valence-corrected chi connectivity index (χ1v) is 5.62. The number of amides is 1. The first-order valence-electron chi connectivity index (χ1n) is 5.62. The standard InChI is InChI=1S/C13H15FN2O2/c1-16(13(18)3-2-6-17)9-11-7-10(8-15)4-5-12(11)14/h4-5,7,17H,2-3,6,9H2,1H3. The van der Waals surface area contributed by atoms with Crippen LogP contribution in [0.1, 0.15) is 24.0 Å². The highest BCUT2D eigenvalue weighted by Crippen LogP contribution is 2.12. The van der Waals surface area contributed by atoms with Crippen molar-refractivity contribution in [1.82, 2.24) is 4.90 Å². The Kier molecular flexibility index (Phi) is 5.28. The van der Waals surface area contributed by atoms with Crippen LogP contribution < -0.4 is 0 Å². The zero-order valence-electron chi connectivity index (χ0n) is 10.2. The molecule has 0 aliphatic heterocycles. The largest absolute Gasteiger partial charge is 0.396 e. The molecule has 1 N–H and O–H groups in total. The van der Waals surface area contributed by atoms with Crippen LogP contribution in [0.4, 0.5) is 4.39 Å². The Balaban J connectivity index is 2.72. The molecule has 4 nitrogen and oxygen atoms in total. The summed E-state index contributed by atoms with van der Waals surface area (Å²) in [5.41, 5.74) is 0.677. The van der Waals surface area contributed by atoms with E-state index >= 15 is 0 Å². The molecule has 96 valence electrons. The van der Waals surface area contributed by atoms with Gasteiger partial charge in [0, 0.05) is 32.2 Å². The molecule has 0 heterocycles. The van der Waals surface area contributed by atoms with E-state index in [4.69, 9.17) is 10.4 Å². The molecule has 0 bridgehead atoms. The van der Waals surface area contributed by atoms with Crippen LogP contribution in [-0.4, -0.2) is 29.6 Å². The predicted octanol–water partition coefficient (Wildman–Crippen LogP) is 1.43. The van der Waals surface area contributed by atoms with Crippen LogP contribution in [0.15, 0.2) is 18.2 Å². The topological polar surface area (TPSA) is 64.3 Å². The van der Waals surface area contributed by atoms with Gasteiger partial charge in [0.05, 0.1) is 11.6 Å². The molecule has 1 aromatic rings. The van der Waals surface area contributed by atoms with E-state index < -0.39 is 5.82 Å². The van der Waals surface area contributed by atoms with E-state index in [1.54, 1.807) is 7.05 Å². The maximum absolute atomic E-state index is 13.5. The summed E-state index contributed by atoms with van der Waals surface area (Å²) in [7, 11) is 1.57. The molecule has 0 aromatic heterocycles. The molecular weight excluding hydrogens is 235 g/mol. The molecule has 1 amide bonds. The van der Waals surface area contributed by atoms with Gasteiger partial charge >= 0.3 is 0 Å². The van der Waals surface area contributed by atoms with E-state index in [1.165, 1.54) is 23.1 Å². The average Bonchev–Trinajstić information content (AvgIpc) is 2.38. The van der Waals surface area contributed by atoms with Crippen molar-refractivity contribution >= 4 is 5.91 Å². The average molecular weight is 250 g/mol. The van der Waals surface area contributed by atoms with Gasteiger partial charge in [0.2, 0.25) is 5.91 Å². The second kappa shape index (κ2) is 6.72. The van der Waals surface area contributed by atoms with Crippen LogP contribution in [0, 0.1) is 17.1 Å². The van der Waals surface area contributed by atoms with Crippen molar-refractivity contribution in [3.8, 4) is 6.07 Å². The number of halogens is 1. The van der Waals surface area contributed by atoms with E-state index in [-0.39, 0.29) is 25.5 Å². The number of carbonyl (C=O) groups is 1. The van der Waals surface area contributed by atoms with Gasteiger partial charge in [-0.2, -0.15) is 5.26 Å². The third-order valence-electron chi connectivity index (χ3n) is 2.56. The van der Waals surface area contributed by atoms with Gasteiger partial charge in [-0.15, -0.1) is 0 Å². The normalized spacial score (nSPS) is 9.89. The predicted molar refractivity (Wildman–Crippen MR) is 63.9 cm³/mol. The monoisotopic (exact) mass is 250 g/mol. The number of aliphatic hydroxyl groups is 1. The van der Waals surface area contributed by atoms with Crippen LogP contribution >= 0.6 is 0 Å². The van der Waals surface area contributed by atoms with E-state index in [2.05, 4.69) is 0 Å². The lowest BCUT2D eigenvalue weighted by Gasteiger charge is -2.17. The third-order valence-corrected chi connectivity index (χ3v) is 2.56. The SMILES string of the molecule is CN(Cc1cc(C#N)ccc1F)C(=O)CCCO. The first kappa shape index (κ1) is 14.1. The fourth-order valence-electron chi connectivity index (χ4n) is 1.53. The fraction of sp³-hybridized carbons (Fsp3) is 0.385. The molecule has 0 fully saturated rings. The molecule has 0 saturated heterocycles. The van der Waals surface area contributed by atoms with Gasteiger partial charge in [0.25, 0.3) is 0 Å². The molecule has 18 heavy (non-hydrogen) atoms. The lowest BCUT2D eigenvalue weighted by Crippen LogP contribution is -2.26. The highest BCUT2D eigenvalue weighted by atomic mass is 19.1. The van der Waals surface area contributed by atoms with Gasteiger partial charge in [0.15, 0.2) is 0 Å². The second-order valence-corrected chi connectivity index (χ2v) is 3.99. The lowest BCUT2D eigenvalue weighted by atomic mass is 10.1. The molecule has 5 heteroatoms. The van der Waals surface area contributed by atoms with Crippen molar-refractivity contribution in [3.05, 3.63) is 35.1 Å². The summed E-state index contributed by atoms with van der Waals surface area (Å²) in [6.07, 6.45) is 0.621. The Morgan fingerprint density at radius 1 is 1.56 bits per heavy atom. The van der Waals surface area contributed by atoms with Crippen molar-refractivity contribution in [2.75, 3.05) is 13.7 Å². The Labute approximate surface area is 105 Å². The Morgan fingerprint density at radius 2 is 2.28 bits per heavy atom. The maximum Gasteiger partial charge on any atom is 0.222 e. The minimum atomic E-state index is -0.434. The van der Waals surface area contributed by atoms with Gasteiger partial charge < -0.3 is 10.0 Å². The summed E-state index contributed by atoms with van der Waals surface area (Å²) in [6.45, 7) is 0.0729. The van der Waals surface area contributed by atoms with Crippen LogP contribution in [-0.2, 0) is 11.3 Å². The van der Waals surface area contributed by atoms with Crippen molar-refractivity contribution in [1.29, 1.82) is 5.26 Å². The summed E-state index contributed by atoms with van der Waals surface area (Å²) in [5, 5.41) is 17.4.